The van der Waals surface area contributed by atoms with Crippen LogP contribution in [-0.4, -0.2) is 44.4 Å². The summed E-state index contributed by atoms with van der Waals surface area (Å²) in [4.78, 5) is 18.7. The predicted octanol–water partition coefficient (Wildman–Crippen LogP) is 3.02. The summed E-state index contributed by atoms with van der Waals surface area (Å²) in [5.41, 5.74) is 11.1. The van der Waals surface area contributed by atoms with Gasteiger partial charge >= 0.3 is 0 Å². The van der Waals surface area contributed by atoms with Gasteiger partial charge in [0.1, 0.15) is 12.1 Å². The first-order valence-electron chi connectivity index (χ1n) is 9.69. The van der Waals surface area contributed by atoms with Gasteiger partial charge in [-0.3, -0.25) is 15.0 Å². The van der Waals surface area contributed by atoms with Crippen LogP contribution >= 0.6 is 0 Å². The Morgan fingerprint density at radius 2 is 2.06 bits per heavy atom. The van der Waals surface area contributed by atoms with Gasteiger partial charge in [-0.25, -0.2) is 4.98 Å². The summed E-state index contributed by atoms with van der Waals surface area (Å²) in [6, 6.07) is 14.9. The first-order chi connectivity index (χ1) is 15.6. The maximum absolute atomic E-state index is 9.34. The minimum atomic E-state index is 0.231. The molecule has 2 N–H and O–H groups in total. The van der Waals surface area contributed by atoms with Crippen molar-refractivity contribution in [3.63, 3.8) is 0 Å². The molecule has 156 valence electrons. The summed E-state index contributed by atoms with van der Waals surface area (Å²) in [5, 5.41) is 18.6. The lowest BCUT2D eigenvalue weighted by Crippen LogP contribution is -2.07. The van der Waals surface area contributed by atoms with Crippen molar-refractivity contribution in [3.05, 3.63) is 77.8 Å². The van der Waals surface area contributed by atoms with E-state index >= 15 is 0 Å². The van der Waals surface area contributed by atoms with Gasteiger partial charge in [-0.05, 0) is 37.1 Å². The lowest BCUT2D eigenvalue weighted by molar-refractivity contribution is 0.591. The van der Waals surface area contributed by atoms with Crippen molar-refractivity contribution in [2.24, 2.45) is 9.98 Å². The number of anilines is 1. The summed E-state index contributed by atoms with van der Waals surface area (Å²) >= 11 is 0. The number of benzene rings is 1. The van der Waals surface area contributed by atoms with Gasteiger partial charge in [0.25, 0.3) is 0 Å². The number of nitrogens with zero attached hydrogens (tertiary/aromatic N) is 8. The molecule has 0 aliphatic heterocycles. The molecular weight excluding hydrogens is 402 g/mol. The molecule has 0 amide bonds. The molecule has 3 heterocycles. The van der Waals surface area contributed by atoms with Gasteiger partial charge in [0, 0.05) is 25.0 Å². The Morgan fingerprint density at radius 3 is 2.78 bits per heavy atom. The van der Waals surface area contributed by atoms with Crippen LogP contribution < -0.4 is 5.73 Å². The average Bonchev–Trinajstić information content (AvgIpc) is 3.25. The van der Waals surface area contributed by atoms with Crippen molar-refractivity contribution in [1.29, 1.82) is 5.26 Å². The van der Waals surface area contributed by atoms with Crippen LogP contribution in [0.4, 0.5) is 5.82 Å². The molecular formula is C23H19N9. The van der Waals surface area contributed by atoms with Gasteiger partial charge in [0.05, 0.1) is 34.3 Å². The molecule has 0 saturated heterocycles. The number of rotatable bonds is 6. The Hall–Kier alpha value is -4.71. The second kappa shape index (κ2) is 8.97. The summed E-state index contributed by atoms with van der Waals surface area (Å²) < 4.78 is 0. The van der Waals surface area contributed by atoms with Crippen molar-refractivity contribution in [1.82, 2.24) is 25.0 Å². The van der Waals surface area contributed by atoms with E-state index in [1.54, 1.807) is 37.5 Å². The van der Waals surface area contributed by atoms with E-state index in [0.29, 0.717) is 45.7 Å². The van der Waals surface area contributed by atoms with Crippen LogP contribution in [-0.2, 0) is 6.54 Å². The highest BCUT2D eigenvalue weighted by Gasteiger charge is 2.22. The number of pyridine rings is 2. The number of hydrogen-bond acceptors (Lipinski definition) is 8. The molecule has 0 fully saturated rings. The smallest absolute Gasteiger partial charge is 0.156 e. The zero-order chi connectivity index (χ0) is 22.5. The number of aromatic nitrogens is 5. The van der Waals surface area contributed by atoms with Gasteiger partial charge < -0.3 is 5.73 Å². The maximum atomic E-state index is 9.34. The Bertz CT molecular complexity index is 1390. The molecule has 0 bridgehead atoms. The predicted molar refractivity (Wildman–Crippen MR) is 124 cm³/mol. The van der Waals surface area contributed by atoms with Gasteiger partial charge in [0.15, 0.2) is 11.3 Å². The number of hydrogen-bond donors (Lipinski definition) is 1. The van der Waals surface area contributed by atoms with Crippen molar-refractivity contribution in [3.8, 4) is 17.3 Å². The van der Waals surface area contributed by atoms with E-state index in [9.17, 15) is 5.26 Å². The van der Waals surface area contributed by atoms with Crippen molar-refractivity contribution in [2.75, 3.05) is 12.8 Å². The van der Waals surface area contributed by atoms with Crippen LogP contribution in [0.15, 0.2) is 70.9 Å². The largest absolute Gasteiger partial charge is 0.382 e. The summed E-state index contributed by atoms with van der Waals surface area (Å²) in [7, 11) is 1.67. The molecule has 4 aromatic rings. The van der Waals surface area contributed by atoms with E-state index in [1.807, 2.05) is 24.3 Å². The molecule has 9 heteroatoms. The van der Waals surface area contributed by atoms with Crippen molar-refractivity contribution < 1.29 is 0 Å². The van der Waals surface area contributed by atoms with E-state index in [1.165, 1.54) is 11.0 Å². The van der Waals surface area contributed by atoms with Crippen LogP contribution in [0.2, 0.25) is 0 Å². The highest BCUT2D eigenvalue weighted by Crippen LogP contribution is 2.31. The first kappa shape index (κ1) is 20.6. The number of nitrogen functional groups attached to an aromatic ring is 1. The number of allylic oxidation sites excluding steroid dienone is 1. The molecule has 0 unspecified atom stereocenters. The number of fused-ring (bicyclic) bond motifs is 1. The standard InChI is InChI=1S/C23H19N9/c1-26-11-9-18(27-2)19-20(16-7-5-6-15(12-16)13-24)29-23(25)22-21(19)30-32(31-22)14-17-8-3-4-10-28-17/h3-12H,1,14H2,2H3,(H2,25,29)/b11-9-,27-18?. The number of aliphatic imine (C=N–C) groups is 2. The van der Waals surface area contributed by atoms with Crippen molar-refractivity contribution in [2.45, 2.75) is 6.54 Å². The van der Waals surface area contributed by atoms with Crippen LogP contribution in [0.5, 0.6) is 0 Å². The molecule has 0 spiro atoms. The molecule has 0 saturated carbocycles. The van der Waals surface area contributed by atoms with E-state index < -0.39 is 0 Å². The first-order valence-corrected chi connectivity index (χ1v) is 9.69. The van der Waals surface area contributed by atoms with Crippen LogP contribution in [0.3, 0.4) is 0 Å². The molecule has 9 nitrogen and oxygen atoms in total. The molecule has 0 aliphatic rings. The molecule has 0 atom stereocenters. The SMILES string of the molecule is C=N/C=C\C(=NC)c1c(-c2cccc(C#N)c2)nc(N)c2nn(Cc3ccccn3)nc12. The summed E-state index contributed by atoms with van der Waals surface area (Å²) in [6.45, 7) is 3.86. The van der Waals surface area contributed by atoms with Crippen LogP contribution in [0.1, 0.15) is 16.8 Å². The molecule has 0 aliphatic carbocycles. The number of nitrogens with two attached hydrogens (primary N) is 1. The third kappa shape index (κ3) is 3.97. The van der Waals surface area contributed by atoms with E-state index in [2.05, 4.69) is 37.8 Å². The molecule has 3 aromatic heterocycles. The zero-order valence-corrected chi connectivity index (χ0v) is 17.3. The molecule has 0 radical (unpaired) electrons. The fourth-order valence-corrected chi connectivity index (χ4v) is 3.32. The van der Waals surface area contributed by atoms with Crippen LogP contribution in [0, 0.1) is 11.3 Å². The van der Waals surface area contributed by atoms with Crippen molar-refractivity contribution >= 4 is 29.3 Å². The zero-order valence-electron chi connectivity index (χ0n) is 17.3. The molecule has 4 rings (SSSR count). The lowest BCUT2D eigenvalue weighted by Gasteiger charge is -2.11. The third-order valence-electron chi connectivity index (χ3n) is 4.73. The maximum Gasteiger partial charge on any atom is 0.156 e. The van der Waals surface area contributed by atoms with Crippen LogP contribution in [0.25, 0.3) is 22.3 Å². The Balaban J connectivity index is 1.98. The van der Waals surface area contributed by atoms with Gasteiger partial charge in [0.2, 0.25) is 0 Å². The normalized spacial score (nSPS) is 11.7. The van der Waals surface area contributed by atoms with E-state index in [-0.39, 0.29) is 5.82 Å². The topological polar surface area (TPSA) is 131 Å². The minimum Gasteiger partial charge on any atom is -0.382 e. The summed E-state index contributed by atoms with van der Waals surface area (Å²) in [5.74, 6) is 0.231. The van der Waals surface area contributed by atoms with Gasteiger partial charge in [-0.2, -0.15) is 15.2 Å². The van der Waals surface area contributed by atoms with E-state index in [4.69, 9.17) is 10.8 Å². The molecule has 32 heavy (non-hydrogen) atoms. The Morgan fingerprint density at radius 1 is 1.22 bits per heavy atom. The van der Waals surface area contributed by atoms with Gasteiger partial charge in [-0.15, -0.1) is 5.10 Å². The lowest BCUT2D eigenvalue weighted by atomic mass is 9.99. The fourth-order valence-electron chi connectivity index (χ4n) is 3.32. The minimum absolute atomic E-state index is 0.231. The fraction of sp³-hybridized carbons (Fsp3) is 0.0870. The van der Waals surface area contributed by atoms with E-state index in [0.717, 1.165) is 5.69 Å². The third-order valence-corrected chi connectivity index (χ3v) is 4.73. The highest BCUT2D eigenvalue weighted by molar-refractivity contribution is 6.19. The quantitative estimate of drug-likeness (QED) is 0.476. The second-order valence-corrected chi connectivity index (χ2v) is 6.77. The second-order valence-electron chi connectivity index (χ2n) is 6.77. The average molecular weight is 421 g/mol. The van der Waals surface area contributed by atoms with Gasteiger partial charge in [-0.1, -0.05) is 18.2 Å². The summed E-state index contributed by atoms with van der Waals surface area (Å²) in [6.07, 6.45) is 4.97. The Labute approximate surface area is 184 Å². The number of nitriles is 1. The Kier molecular flexibility index (Phi) is 5.76. The molecule has 1 aromatic carbocycles. The monoisotopic (exact) mass is 421 g/mol. The highest BCUT2D eigenvalue weighted by atomic mass is 15.5.